The summed E-state index contributed by atoms with van der Waals surface area (Å²) < 4.78 is 24.7. The highest BCUT2D eigenvalue weighted by molar-refractivity contribution is 5.91. The van der Waals surface area contributed by atoms with Crippen LogP contribution < -0.4 is 5.56 Å². The molecule has 13 nitrogen and oxygen atoms in total. The van der Waals surface area contributed by atoms with Gasteiger partial charge in [0, 0.05) is 0 Å². The predicted molar refractivity (Wildman–Crippen MR) is 155 cm³/mol. The number of nitrogens with one attached hydrogen (secondary N) is 1. The smallest absolute Gasteiger partial charge is 0.338 e. The molecule has 1 aliphatic rings. The highest BCUT2D eigenvalue weighted by atomic mass is 16.7. The van der Waals surface area contributed by atoms with Gasteiger partial charge >= 0.3 is 17.9 Å². The molecule has 0 spiro atoms. The Morgan fingerprint density at radius 2 is 1.36 bits per heavy atom. The Balaban J connectivity index is 1.41. The number of hydrogen-bond acceptors (Lipinski definition) is 11. The molecule has 4 atom stereocenters. The summed E-state index contributed by atoms with van der Waals surface area (Å²) in [5.74, 6) is -2.21. The number of aromatic nitrogens is 4. The van der Waals surface area contributed by atoms with Crippen molar-refractivity contribution in [2.45, 2.75) is 24.5 Å². The Morgan fingerprint density at radius 1 is 0.822 bits per heavy atom. The fourth-order valence-electron chi connectivity index (χ4n) is 4.89. The number of carbonyl (C=O) groups excluding carboxylic acids is 3. The number of nitrogens with zero attached hydrogens (tertiary/aromatic N) is 4. The van der Waals surface area contributed by atoms with Crippen molar-refractivity contribution in [2.75, 3.05) is 6.61 Å². The zero-order valence-electron chi connectivity index (χ0n) is 23.3. The summed E-state index contributed by atoms with van der Waals surface area (Å²) in [4.78, 5) is 58.7. The topological polar surface area (TPSA) is 175 Å². The van der Waals surface area contributed by atoms with E-state index in [1.807, 2.05) is 6.07 Å². The summed E-state index contributed by atoms with van der Waals surface area (Å²) in [5.41, 5.74) is -0.250. The number of esters is 3. The highest BCUT2D eigenvalue weighted by Crippen LogP contribution is 2.36. The molecule has 0 saturated carbocycles. The van der Waals surface area contributed by atoms with Gasteiger partial charge in [0.1, 0.15) is 24.2 Å². The Kier molecular flexibility index (Phi) is 8.12. The van der Waals surface area contributed by atoms with E-state index in [2.05, 4.69) is 15.1 Å². The van der Waals surface area contributed by atoms with Gasteiger partial charge in [-0.3, -0.25) is 4.79 Å². The van der Waals surface area contributed by atoms with E-state index in [0.717, 1.165) is 11.0 Å². The monoisotopic (exact) mass is 605 g/mol. The minimum atomic E-state index is -1.40. The van der Waals surface area contributed by atoms with E-state index in [-0.39, 0.29) is 33.4 Å². The molecule has 1 fully saturated rings. The van der Waals surface area contributed by atoms with E-state index in [0.29, 0.717) is 0 Å². The first-order valence-corrected chi connectivity index (χ1v) is 13.7. The molecule has 0 aliphatic carbocycles. The van der Waals surface area contributed by atoms with Crippen LogP contribution >= 0.6 is 0 Å². The molecule has 1 N–H and O–H groups in total. The molecular formula is C32H23N5O8. The van der Waals surface area contributed by atoms with E-state index in [4.69, 9.17) is 18.9 Å². The summed E-state index contributed by atoms with van der Waals surface area (Å²) in [6.07, 6.45) is -4.18. The number of nitriles is 1. The average molecular weight is 606 g/mol. The maximum absolute atomic E-state index is 13.4. The third-order valence-electron chi connectivity index (χ3n) is 7.02. The van der Waals surface area contributed by atoms with Crippen molar-refractivity contribution < 1.29 is 33.3 Å². The maximum Gasteiger partial charge on any atom is 0.338 e. The van der Waals surface area contributed by atoms with Gasteiger partial charge in [0.15, 0.2) is 29.8 Å². The summed E-state index contributed by atoms with van der Waals surface area (Å²) in [5, 5.41) is 13.8. The summed E-state index contributed by atoms with van der Waals surface area (Å²) in [7, 11) is 0. The van der Waals surface area contributed by atoms with Crippen molar-refractivity contribution in [3.05, 3.63) is 130 Å². The fraction of sp³-hybridized carbons (Fsp3) is 0.156. The van der Waals surface area contributed by atoms with Crippen LogP contribution in [0.5, 0.6) is 0 Å². The number of hydrogen-bond donors (Lipinski definition) is 1. The minimum Gasteiger partial charge on any atom is -0.459 e. The summed E-state index contributed by atoms with van der Waals surface area (Å²) in [6.45, 7) is -0.422. The number of carbonyl (C=O) groups is 3. The van der Waals surface area contributed by atoms with E-state index in [1.54, 1.807) is 78.9 Å². The molecule has 5 aromatic rings. The number of aromatic amines is 1. The Morgan fingerprint density at radius 3 is 1.91 bits per heavy atom. The van der Waals surface area contributed by atoms with Gasteiger partial charge < -0.3 is 23.9 Å². The third-order valence-corrected chi connectivity index (χ3v) is 7.02. The lowest BCUT2D eigenvalue weighted by molar-refractivity contribution is -0.0654. The summed E-state index contributed by atoms with van der Waals surface area (Å²) >= 11 is 0. The Hall–Kier alpha value is -6.13. The SMILES string of the molecule is N#Cc1nn([C@@H]2O[C@H](COC(=O)c3ccccc3)[C@@H](OC(=O)c3ccccc3)[C@H]2OC(=O)c2ccccc2)c2nc[nH]c(=O)c12. The number of benzene rings is 3. The maximum atomic E-state index is 13.4. The van der Waals surface area contributed by atoms with E-state index >= 15 is 0 Å². The van der Waals surface area contributed by atoms with Gasteiger partial charge in [0.2, 0.25) is 0 Å². The van der Waals surface area contributed by atoms with Crippen molar-refractivity contribution in [1.82, 2.24) is 19.7 Å². The molecule has 0 radical (unpaired) electrons. The quantitative estimate of drug-likeness (QED) is 0.203. The lowest BCUT2D eigenvalue weighted by Crippen LogP contribution is -2.41. The van der Waals surface area contributed by atoms with Gasteiger partial charge in [0.25, 0.3) is 5.56 Å². The highest BCUT2D eigenvalue weighted by Gasteiger charge is 2.52. The molecule has 1 saturated heterocycles. The van der Waals surface area contributed by atoms with Crippen LogP contribution in [0.25, 0.3) is 11.0 Å². The standard InChI is InChI=1S/C32H23N5O8/c33-16-22-24-27(34-18-35-28(24)38)37(36-22)29-26(45-32(41)21-14-8-3-9-15-21)25(44-31(40)20-12-6-2-7-13-20)23(43-29)17-42-30(39)19-10-4-1-5-11-19/h1-15,18,23,25-26,29H,17H2,(H,34,35,38)/t23-,25-,26-,29-/m1/s1. The first-order valence-electron chi connectivity index (χ1n) is 13.7. The van der Waals surface area contributed by atoms with Crippen LogP contribution in [0.1, 0.15) is 43.0 Å². The number of fused-ring (bicyclic) bond motifs is 1. The predicted octanol–water partition coefficient (Wildman–Crippen LogP) is 3.20. The van der Waals surface area contributed by atoms with E-state index < -0.39 is 54.6 Å². The van der Waals surface area contributed by atoms with Crippen LogP contribution in [0.3, 0.4) is 0 Å². The normalized spacial score (nSPS) is 19.0. The summed E-state index contributed by atoms with van der Waals surface area (Å²) in [6, 6.07) is 26.3. The van der Waals surface area contributed by atoms with Crippen molar-refractivity contribution in [2.24, 2.45) is 0 Å². The molecule has 0 bridgehead atoms. The van der Waals surface area contributed by atoms with Gasteiger partial charge in [-0.15, -0.1) is 0 Å². The molecule has 1 aliphatic heterocycles. The second-order valence-corrected chi connectivity index (χ2v) is 9.84. The van der Waals surface area contributed by atoms with Crippen molar-refractivity contribution >= 4 is 28.9 Å². The van der Waals surface area contributed by atoms with Gasteiger partial charge in [-0.2, -0.15) is 10.4 Å². The first-order chi connectivity index (χ1) is 21.9. The van der Waals surface area contributed by atoms with E-state index in [9.17, 15) is 24.4 Å². The van der Waals surface area contributed by atoms with Crippen LogP contribution in [-0.4, -0.2) is 62.6 Å². The number of rotatable bonds is 8. The zero-order chi connectivity index (χ0) is 31.3. The lowest BCUT2D eigenvalue weighted by atomic mass is 10.1. The zero-order valence-corrected chi connectivity index (χ0v) is 23.3. The molecule has 0 unspecified atom stereocenters. The molecule has 13 heteroatoms. The Bertz CT molecular complexity index is 1950. The van der Waals surface area contributed by atoms with Crippen LogP contribution in [0.2, 0.25) is 0 Å². The second-order valence-electron chi connectivity index (χ2n) is 9.84. The fourth-order valence-corrected chi connectivity index (χ4v) is 4.89. The van der Waals surface area contributed by atoms with Gasteiger partial charge in [-0.05, 0) is 36.4 Å². The average Bonchev–Trinajstić information content (AvgIpc) is 3.63. The largest absolute Gasteiger partial charge is 0.459 e. The third kappa shape index (κ3) is 5.90. The molecule has 0 amide bonds. The van der Waals surface area contributed by atoms with E-state index in [1.165, 1.54) is 12.1 Å². The van der Waals surface area contributed by atoms with Crippen molar-refractivity contribution in [3.63, 3.8) is 0 Å². The van der Waals surface area contributed by atoms with Gasteiger partial charge in [-0.25, -0.2) is 24.0 Å². The lowest BCUT2D eigenvalue weighted by Gasteiger charge is -2.24. The number of ether oxygens (including phenoxy) is 4. The van der Waals surface area contributed by atoms with Gasteiger partial charge in [-0.1, -0.05) is 54.6 Å². The molecular weight excluding hydrogens is 582 g/mol. The molecule has 3 aromatic carbocycles. The minimum absolute atomic E-state index is 0.0453. The molecule has 3 heterocycles. The van der Waals surface area contributed by atoms with Crippen LogP contribution in [0.15, 0.2) is 102 Å². The number of H-pyrrole nitrogens is 1. The van der Waals surface area contributed by atoms with Crippen molar-refractivity contribution in [1.29, 1.82) is 5.26 Å². The van der Waals surface area contributed by atoms with Crippen LogP contribution in [0, 0.1) is 11.3 Å². The van der Waals surface area contributed by atoms with Gasteiger partial charge in [0.05, 0.1) is 23.0 Å². The molecule has 6 rings (SSSR count). The molecule has 45 heavy (non-hydrogen) atoms. The first kappa shape index (κ1) is 29.0. The van der Waals surface area contributed by atoms with Crippen LogP contribution in [0.4, 0.5) is 0 Å². The second kappa shape index (κ2) is 12.6. The van der Waals surface area contributed by atoms with Crippen molar-refractivity contribution in [3.8, 4) is 6.07 Å². The molecule has 224 valence electrons. The molecule has 2 aromatic heterocycles. The van der Waals surface area contributed by atoms with Crippen LogP contribution in [-0.2, 0) is 18.9 Å². The Labute approximate surface area is 254 Å².